The lowest BCUT2D eigenvalue weighted by atomic mass is 9.79. The van der Waals surface area contributed by atoms with Crippen LogP contribution in [0, 0.1) is 10.1 Å². The molecule has 1 aromatic heterocycles. The maximum Gasteiger partial charge on any atom is 0.320 e. The van der Waals surface area contributed by atoms with Gasteiger partial charge in [-0.3, -0.25) is 19.6 Å². The van der Waals surface area contributed by atoms with Gasteiger partial charge in [0.15, 0.2) is 0 Å². The van der Waals surface area contributed by atoms with Crippen LogP contribution in [0.25, 0.3) is 0 Å². The van der Waals surface area contributed by atoms with E-state index in [-0.39, 0.29) is 28.5 Å². The van der Waals surface area contributed by atoms with Crippen LogP contribution in [0.15, 0.2) is 6.20 Å². The molecule has 8 heteroatoms. The number of amides is 1. The molecule has 0 radical (unpaired) electrons. The number of nitrogens with zero attached hydrogens (tertiary/aromatic N) is 3. The van der Waals surface area contributed by atoms with E-state index in [4.69, 9.17) is 0 Å². The summed E-state index contributed by atoms with van der Waals surface area (Å²) in [6, 6.07) is -0.0479. The highest BCUT2D eigenvalue weighted by molar-refractivity contribution is 5.96. The topological polar surface area (TPSA) is 102 Å². The van der Waals surface area contributed by atoms with Crippen molar-refractivity contribution in [2.24, 2.45) is 7.05 Å². The molecular formula is C14H23N5O3. The summed E-state index contributed by atoms with van der Waals surface area (Å²) in [6.07, 6.45) is 2.62. The predicted octanol–water partition coefficient (Wildman–Crippen LogP) is 1.37. The molecule has 8 nitrogen and oxygen atoms in total. The highest BCUT2D eigenvalue weighted by atomic mass is 16.6. The molecule has 1 aliphatic heterocycles. The number of aromatic nitrogens is 2. The van der Waals surface area contributed by atoms with Crippen molar-refractivity contribution < 1.29 is 9.72 Å². The molecule has 1 saturated heterocycles. The lowest BCUT2D eigenvalue weighted by Crippen LogP contribution is -2.62. The van der Waals surface area contributed by atoms with Crippen molar-refractivity contribution in [3.8, 4) is 0 Å². The second kappa shape index (κ2) is 5.35. The average Bonchev–Trinajstić information content (AvgIpc) is 2.66. The molecule has 0 saturated carbocycles. The smallest absolute Gasteiger partial charge is 0.320 e. The maximum atomic E-state index is 12.4. The first-order valence-corrected chi connectivity index (χ1v) is 7.27. The van der Waals surface area contributed by atoms with Gasteiger partial charge in [-0.15, -0.1) is 0 Å². The van der Waals surface area contributed by atoms with Gasteiger partial charge in [0.25, 0.3) is 5.91 Å². The lowest BCUT2D eigenvalue weighted by Gasteiger charge is -2.46. The average molecular weight is 309 g/mol. The van der Waals surface area contributed by atoms with E-state index in [9.17, 15) is 14.9 Å². The van der Waals surface area contributed by atoms with Gasteiger partial charge >= 0.3 is 5.69 Å². The van der Waals surface area contributed by atoms with Crippen molar-refractivity contribution in [1.82, 2.24) is 20.4 Å². The van der Waals surface area contributed by atoms with Crippen LogP contribution in [0.3, 0.4) is 0 Å². The van der Waals surface area contributed by atoms with Crippen LogP contribution in [0.5, 0.6) is 0 Å². The summed E-state index contributed by atoms with van der Waals surface area (Å²) in [4.78, 5) is 22.9. The largest absolute Gasteiger partial charge is 0.348 e. The SMILES string of the molecule is Cn1ncc([N+](=O)[O-])c1C(=O)NC1CC(C)(C)NC(C)(C)C1. The summed E-state index contributed by atoms with van der Waals surface area (Å²) in [6.45, 7) is 8.33. The zero-order chi connectivity index (χ0) is 16.7. The van der Waals surface area contributed by atoms with Crippen molar-refractivity contribution >= 4 is 11.6 Å². The fraction of sp³-hybridized carbons (Fsp3) is 0.714. The van der Waals surface area contributed by atoms with Crippen molar-refractivity contribution in [3.63, 3.8) is 0 Å². The van der Waals surface area contributed by atoms with E-state index in [2.05, 4.69) is 43.4 Å². The minimum Gasteiger partial charge on any atom is -0.348 e. The third-order valence-corrected chi connectivity index (χ3v) is 3.86. The van der Waals surface area contributed by atoms with Gasteiger partial charge in [0.2, 0.25) is 5.69 Å². The summed E-state index contributed by atoms with van der Waals surface area (Å²) < 4.78 is 1.24. The van der Waals surface area contributed by atoms with Crippen LogP contribution in [0.1, 0.15) is 51.0 Å². The van der Waals surface area contributed by atoms with Crippen LogP contribution >= 0.6 is 0 Å². The molecule has 0 bridgehead atoms. The van der Waals surface area contributed by atoms with Gasteiger partial charge in [0.05, 0.1) is 4.92 Å². The summed E-state index contributed by atoms with van der Waals surface area (Å²) >= 11 is 0. The first kappa shape index (κ1) is 16.4. The standard InChI is InChI=1S/C14H23N5O3/c1-13(2)6-9(7-14(3,4)17-13)16-12(20)11-10(19(21)22)8-15-18(11)5/h8-9,17H,6-7H2,1-5H3,(H,16,20). The Kier molecular flexibility index (Phi) is 3.99. The summed E-state index contributed by atoms with van der Waals surface area (Å²) in [7, 11) is 1.53. The molecule has 0 atom stereocenters. The minimum absolute atomic E-state index is 0.0147. The first-order chi connectivity index (χ1) is 10.0. The fourth-order valence-corrected chi connectivity index (χ4v) is 3.50. The summed E-state index contributed by atoms with van der Waals surface area (Å²) in [5.41, 5.74) is -0.512. The molecule has 122 valence electrons. The van der Waals surface area contributed by atoms with Crippen molar-refractivity contribution in [2.75, 3.05) is 0 Å². The number of rotatable bonds is 3. The Morgan fingerprint density at radius 2 is 1.95 bits per heavy atom. The summed E-state index contributed by atoms with van der Waals surface area (Å²) in [5.74, 6) is -0.454. The van der Waals surface area contributed by atoms with Crippen LogP contribution in [-0.2, 0) is 7.05 Å². The Hall–Kier alpha value is -1.96. The quantitative estimate of drug-likeness (QED) is 0.648. The Morgan fingerprint density at radius 3 is 2.45 bits per heavy atom. The molecule has 0 unspecified atom stereocenters. The van der Waals surface area contributed by atoms with E-state index in [1.165, 1.54) is 11.7 Å². The molecule has 0 aromatic carbocycles. The number of carbonyl (C=O) groups is 1. The van der Waals surface area contributed by atoms with Crippen LogP contribution in [-0.4, -0.2) is 37.7 Å². The van der Waals surface area contributed by atoms with Crippen molar-refractivity contribution in [2.45, 2.75) is 57.7 Å². The molecule has 1 amide bonds. The van der Waals surface area contributed by atoms with Crippen LogP contribution in [0.4, 0.5) is 5.69 Å². The Labute approximate surface area is 129 Å². The van der Waals surface area contributed by atoms with Crippen molar-refractivity contribution in [3.05, 3.63) is 22.0 Å². The molecule has 2 heterocycles. The molecule has 22 heavy (non-hydrogen) atoms. The molecule has 1 fully saturated rings. The molecule has 1 aliphatic rings. The molecule has 2 N–H and O–H groups in total. The third-order valence-electron chi connectivity index (χ3n) is 3.86. The number of hydrogen-bond acceptors (Lipinski definition) is 5. The van der Waals surface area contributed by atoms with Crippen LogP contribution in [0.2, 0.25) is 0 Å². The third kappa shape index (κ3) is 3.44. The normalized spacial score (nSPS) is 20.6. The maximum absolute atomic E-state index is 12.4. The molecule has 0 spiro atoms. The number of carbonyl (C=O) groups excluding carboxylic acids is 1. The number of piperidine rings is 1. The second-order valence-electron chi connectivity index (χ2n) is 7.23. The zero-order valence-electron chi connectivity index (χ0n) is 13.6. The number of nitro groups is 1. The van der Waals surface area contributed by atoms with E-state index >= 15 is 0 Å². The molecule has 1 aromatic rings. The second-order valence-corrected chi connectivity index (χ2v) is 7.23. The van der Waals surface area contributed by atoms with Crippen LogP contribution < -0.4 is 10.6 Å². The van der Waals surface area contributed by atoms with E-state index < -0.39 is 10.8 Å². The molecule has 0 aliphatic carbocycles. The first-order valence-electron chi connectivity index (χ1n) is 7.27. The van der Waals surface area contributed by atoms with E-state index in [0.29, 0.717) is 0 Å². The lowest BCUT2D eigenvalue weighted by molar-refractivity contribution is -0.385. The minimum atomic E-state index is -0.585. The molecule has 2 rings (SSSR count). The Balaban J connectivity index is 2.19. The Morgan fingerprint density at radius 1 is 1.41 bits per heavy atom. The van der Waals surface area contributed by atoms with E-state index in [1.807, 2.05) is 0 Å². The Bertz CT molecular complexity index is 590. The highest BCUT2D eigenvalue weighted by Gasteiger charge is 2.39. The monoisotopic (exact) mass is 309 g/mol. The van der Waals surface area contributed by atoms with Gasteiger partial charge in [-0.05, 0) is 40.5 Å². The zero-order valence-corrected chi connectivity index (χ0v) is 13.6. The fourth-order valence-electron chi connectivity index (χ4n) is 3.50. The van der Waals surface area contributed by atoms with Gasteiger partial charge in [0, 0.05) is 24.2 Å². The van der Waals surface area contributed by atoms with Gasteiger partial charge in [-0.1, -0.05) is 0 Å². The van der Waals surface area contributed by atoms with Gasteiger partial charge in [-0.25, -0.2) is 0 Å². The van der Waals surface area contributed by atoms with E-state index in [1.54, 1.807) is 0 Å². The highest BCUT2D eigenvalue weighted by Crippen LogP contribution is 2.29. The van der Waals surface area contributed by atoms with Gasteiger partial charge < -0.3 is 10.6 Å². The number of nitrogens with one attached hydrogen (secondary N) is 2. The number of aryl methyl sites for hydroxylation is 1. The van der Waals surface area contributed by atoms with Gasteiger partial charge in [0.1, 0.15) is 6.20 Å². The van der Waals surface area contributed by atoms with Crippen molar-refractivity contribution in [1.29, 1.82) is 0 Å². The predicted molar refractivity (Wildman–Crippen MR) is 81.6 cm³/mol. The molecular weight excluding hydrogens is 286 g/mol. The summed E-state index contributed by atoms with van der Waals surface area (Å²) in [5, 5.41) is 21.3. The number of hydrogen-bond donors (Lipinski definition) is 2. The van der Waals surface area contributed by atoms with E-state index in [0.717, 1.165) is 19.0 Å². The van der Waals surface area contributed by atoms with Gasteiger partial charge in [-0.2, -0.15) is 5.10 Å².